The predicted octanol–water partition coefficient (Wildman–Crippen LogP) is 3.31. The lowest BCUT2D eigenvalue weighted by atomic mass is 10.1. The standard InChI is InChI=1S/C19H24N6OS2/c1-13(15-4-5-18-17(10-15)23-14(2)27-18)24-6-8-25(9-7-24)19-21-11-16(12-22-19)28(3,20)26/h4-5,10-13,20H,6-9H2,1-3H3/t13-,28-/m0/s1. The molecule has 1 aromatic carbocycles. The fourth-order valence-electron chi connectivity index (χ4n) is 3.51. The van der Waals surface area contributed by atoms with Gasteiger partial charge in [0.05, 0.1) is 29.8 Å². The maximum absolute atomic E-state index is 11.8. The third-order valence-corrected chi connectivity index (χ3v) is 7.27. The van der Waals surface area contributed by atoms with Crippen molar-refractivity contribution in [1.29, 1.82) is 4.78 Å². The number of thiazole rings is 1. The molecule has 0 unspecified atom stereocenters. The molecule has 0 spiro atoms. The van der Waals surface area contributed by atoms with Crippen LogP contribution in [0.3, 0.4) is 0 Å². The number of aryl methyl sites for hydroxylation is 1. The van der Waals surface area contributed by atoms with Gasteiger partial charge in [0.25, 0.3) is 0 Å². The number of rotatable bonds is 4. The maximum atomic E-state index is 11.8. The quantitative estimate of drug-likeness (QED) is 0.702. The Balaban J connectivity index is 1.42. The molecule has 9 heteroatoms. The molecule has 0 radical (unpaired) electrons. The van der Waals surface area contributed by atoms with E-state index in [9.17, 15) is 4.21 Å². The van der Waals surface area contributed by atoms with E-state index in [1.54, 1.807) is 11.3 Å². The number of benzene rings is 1. The van der Waals surface area contributed by atoms with Crippen LogP contribution in [0.15, 0.2) is 35.5 Å². The number of piperazine rings is 1. The summed E-state index contributed by atoms with van der Waals surface area (Å²) >= 11 is 1.73. The molecule has 0 aliphatic carbocycles. The average molecular weight is 417 g/mol. The van der Waals surface area contributed by atoms with Crippen LogP contribution in [-0.2, 0) is 9.73 Å². The summed E-state index contributed by atoms with van der Waals surface area (Å²) in [5.41, 5.74) is 2.38. The largest absolute Gasteiger partial charge is 0.338 e. The Kier molecular flexibility index (Phi) is 5.07. The Labute approximate surface area is 169 Å². The van der Waals surface area contributed by atoms with Crippen LogP contribution in [-0.4, -0.2) is 56.5 Å². The first-order chi connectivity index (χ1) is 13.3. The lowest BCUT2D eigenvalue weighted by Crippen LogP contribution is -2.47. The Morgan fingerprint density at radius 2 is 1.86 bits per heavy atom. The van der Waals surface area contributed by atoms with Crippen LogP contribution in [0, 0.1) is 11.7 Å². The van der Waals surface area contributed by atoms with Crippen LogP contribution >= 0.6 is 11.3 Å². The highest BCUT2D eigenvalue weighted by molar-refractivity contribution is 7.91. The molecule has 3 aromatic rings. The molecule has 0 bridgehead atoms. The smallest absolute Gasteiger partial charge is 0.225 e. The lowest BCUT2D eigenvalue weighted by molar-refractivity contribution is 0.198. The number of anilines is 1. The minimum atomic E-state index is -2.77. The highest BCUT2D eigenvalue weighted by Gasteiger charge is 2.24. The highest BCUT2D eigenvalue weighted by Crippen LogP contribution is 2.28. The second-order valence-electron chi connectivity index (χ2n) is 7.22. The van der Waals surface area contributed by atoms with Gasteiger partial charge in [-0.05, 0) is 31.5 Å². The van der Waals surface area contributed by atoms with Crippen LogP contribution in [0.4, 0.5) is 5.95 Å². The molecule has 1 fully saturated rings. The van der Waals surface area contributed by atoms with Crippen molar-refractivity contribution in [3.05, 3.63) is 41.2 Å². The van der Waals surface area contributed by atoms with Crippen LogP contribution < -0.4 is 4.90 Å². The third kappa shape index (κ3) is 3.87. The Bertz CT molecular complexity index is 1090. The molecule has 0 amide bonds. The number of aromatic nitrogens is 3. The summed E-state index contributed by atoms with van der Waals surface area (Å²) in [5, 5.41) is 1.10. The summed E-state index contributed by atoms with van der Waals surface area (Å²) in [6, 6.07) is 6.92. The zero-order valence-corrected chi connectivity index (χ0v) is 17.9. The molecule has 2 aromatic heterocycles. The van der Waals surface area contributed by atoms with Gasteiger partial charge in [0, 0.05) is 50.9 Å². The lowest BCUT2D eigenvalue weighted by Gasteiger charge is -2.38. The van der Waals surface area contributed by atoms with Gasteiger partial charge in [0.15, 0.2) is 0 Å². The predicted molar refractivity (Wildman–Crippen MR) is 114 cm³/mol. The summed E-state index contributed by atoms with van der Waals surface area (Å²) in [5.74, 6) is 0.638. The van der Waals surface area contributed by atoms with Crippen LogP contribution in [0.2, 0.25) is 0 Å². The molecule has 4 rings (SSSR count). The number of nitrogens with zero attached hydrogens (tertiary/aromatic N) is 5. The van der Waals surface area contributed by atoms with E-state index < -0.39 is 9.73 Å². The highest BCUT2D eigenvalue weighted by atomic mass is 32.2. The summed E-state index contributed by atoms with van der Waals surface area (Å²) < 4.78 is 20.6. The van der Waals surface area contributed by atoms with E-state index >= 15 is 0 Å². The molecular weight excluding hydrogens is 392 g/mol. The summed E-state index contributed by atoms with van der Waals surface area (Å²) in [6.45, 7) is 7.80. The fraction of sp³-hybridized carbons (Fsp3) is 0.421. The zero-order valence-electron chi connectivity index (χ0n) is 16.3. The molecule has 0 saturated carbocycles. The second-order valence-corrected chi connectivity index (χ2v) is 10.6. The van der Waals surface area contributed by atoms with Gasteiger partial charge >= 0.3 is 0 Å². The van der Waals surface area contributed by atoms with Gasteiger partial charge in [-0.2, -0.15) is 0 Å². The van der Waals surface area contributed by atoms with Crippen LogP contribution in [0.25, 0.3) is 10.2 Å². The number of hydrogen-bond donors (Lipinski definition) is 1. The van der Waals surface area contributed by atoms with Crippen LogP contribution in [0.1, 0.15) is 23.5 Å². The summed E-state index contributed by atoms with van der Waals surface area (Å²) in [4.78, 5) is 18.2. The van der Waals surface area contributed by atoms with E-state index in [2.05, 4.69) is 49.9 Å². The molecule has 7 nitrogen and oxygen atoms in total. The molecule has 148 valence electrons. The third-order valence-electron chi connectivity index (χ3n) is 5.21. The van der Waals surface area contributed by atoms with E-state index in [0.29, 0.717) is 16.9 Å². The minimum Gasteiger partial charge on any atom is -0.338 e. The van der Waals surface area contributed by atoms with Gasteiger partial charge in [-0.3, -0.25) is 4.90 Å². The summed E-state index contributed by atoms with van der Waals surface area (Å²) in [6.07, 6.45) is 4.41. The van der Waals surface area contributed by atoms with E-state index in [0.717, 1.165) is 36.7 Å². The van der Waals surface area contributed by atoms with Crippen molar-refractivity contribution in [2.45, 2.75) is 24.8 Å². The van der Waals surface area contributed by atoms with E-state index in [1.807, 2.05) is 6.92 Å². The second kappa shape index (κ2) is 7.38. The first-order valence-electron chi connectivity index (χ1n) is 9.23. The minimum absolute atomic E-state index is 0.324. The van der Waals surface area contributed by atoms with Crippen molar-refractivity contribution in [3.63, 3.8) is 0 Å². The molecule has 1 aliphatic rings. The van der Waals surface area contributed by atoms with E-state index in [4.69, 9.17) is 4.78 Å². The van der Waals surface area contributed by atoms with Crippen molar-refractivity contribution in [3.8, 4) is 0 Å². The molecule has 1 aliphatic heterocycles. The van der Waals surface area contributed by atoms with Crippen molar-refractivity contribution >= 4 is 37.2 Å². The molecular formula is C19H24N6OS2. The van der Waals surface area contributed by atoms with Gasteiger partial charge < -0.3 is 4.90 Å². The first-order valence-corrected chi connectivity index (χ1v) is 12.0. The van der Waals surface area contributed by atoms with Gasteiger partial charge in [-0.25, -0.2) is 23.9 Å². The van der Waals surface area contributed by atoms with Crippen molar-refractivity contribution in [2.75, 3.05) is 37.3 Å². The van der Waals surface area contributed by atoms with E-state index in [1.165, 1.54) is 28.9 Å². The SMILES string of the molecule is Cc1nc2cc([C@H](C)N3CCN(c4ncc([S@@](C)(=N)=O)cn4)CC3)ccc2s1. The average Bonchev–Trinajstić information content (AvgIpc) is 3.06. The number of hydrogen-bond acceptors (Lipinski definition) is 8. The summed E-state index contributed by atoms with van der Waals surface area (Å²) in [7, 11) is -2.77. The topological polar surface area (TPSA) is 86.1 Å². The molecule has 28 heavy (non-hydrogen) atoms. The Morgan fingerprint density at radius 3 is 2.50 bits per heavy atom. The van der Waals surface area contributed by atoms with Crippen LogP contribution in [0.5, 0.6) is 0 Å². The van der Waals surface area contributed by atoms with Crippen molar-refractivity contribution in [2.24, 2.45) is 0 Å². The van der Waals surface area contributed by atoms with E-state index in [-0.39, 0.29) is 0 Å². The van der Waals surface area contributed by atoms with Crippen molar-refractivity contribution < 1.29 is 4.21 Å². The molecule has 3 heterocycles. The molecule has 2 atom stereocenters. The first kappa shape index (κ1) is 19.2. The maximum Gasteiger partial charge on any atom is 0.225 e. The van der Waals surface area contributed by atoms with Gasteiger partial charge in [-0.15, -0.1) is 11.3 Å². The van der Waals surface area contributed by atoms with Crippen molar-refractivity contribution in [1.82, 2.24) is 19.9 Å². The fourth-order valence-corrected chi connectivity index (χ4v) is 4.83. The Morgan fingerprint density at radius 1 is 1.18 bits per heavy atom. The Hall–Kier alpha value is -2.10. The molecule has 1 saturated heterocycles. The van der Waals surface area contributed by atoms with Gasteiger partial charge in [-0.1, -0.05) is 6.07 Å². The zero-order chi connectivity index (χ0) is 19.9. The van der Waals surface area contributed by atoms with Gasteiger partial charge in [0.1, 0.15) is 0 Å². The number of fused-ring (bicyclic) bond motifs is 1. The molecule has 1 N–H and O–H groups in total. The normalized spacial score (nSPS) is 18.9. The van der Waals surface area contributed by atoms with Gasteiger partial charge in [0.2, 0.25) is 5.95 Å². The number of nitrogens with one attached hydrogen (secondary N) is 1. The monoisotopic (exact) mass is 416 g/mol.